The zero-order valence-corrected chi connectivity index (χ0v) is 24.5. The Morgan fingerprint density at radius 1 is 0.455 bits per heavy atom. The van der Waals surface area contributed by atoms with E-state index in [0.29, 0.717) is 6.42 Å². The van der Waals surface area contributed by atoms with Crippen LogP contribution >= 0.6 is 7.26 Å². The van der Waals surface area contributed by atoms with Crippen molar-refractivity contribution in [3.63, 3.8) is 0 Å². The van der Waals surface area contributed by atoms with Crippen LogP contribution in [0, 0.1) is 0 Å². The lowest BCUT2D eigenvalue weighted by Gasteiger charge is -2.29. The Bertz CT molecular complexity index is 466. The molecule has 0 fully saturated rings. The van der Waals surface area contributed by atoms with Gasteiger partial charge in [0.25, 0.3) is 0 Å². The fraction of sp³-hybridized carbons (Fsp3) is 1.00. The molecule has 0 aromatic rings. The second kappa shape index (κ2) is 22.8. The van der Waals surface area contributed by atoms with E-state index in [4.69, 9.17) is 0 Å². The highest BCUT2D eigenvalue weighted by molar-refractivity contribution is 7.85. The smallest absolute Gasteiger partial charge is 0.0945 e. The molecule has 0 atom stereocenters. The van der Waals surface area contributed by atoms with Crippen LogP contribution in [0.2, 0.25) is 0 Å². The van der Waals surface area contributed by atoms with E-state index in [2.05, 4.69) is 20.8 Å². The Labute approximate surface area is 209 Å². The van der Waals surface area contributed by atoms with Crippen LogP contribution in [-0.4, -0.2) is 43.4 Å². The minimum Gasteiger partial charge on any atom is -0.748 e. The van der Waals surface area contributed by atoms with Crippen molar-refractivity contribution in [2.75, 3.05) is 30.4 Å². The van der Waals surface area contributed by atoms with Crippen molar-refractivity contribution in [3.8, 4) is 0 Å². The first-order chi connectivity index (χ1) is 15.9. The highest BCUT2D eigenvalue weighted by atomic mass is 32.2. The number of hydrogen-bond donors (Lipinski definition) is 0. The molecule has 0 N–H and O–H groups in total. The predicted octanol–water partition coefficient (Wildman–Crippen LogP) is 9.41. The molecule has 0 bridgehead atoms. The summed E-state index contributed by atoms with van der Waals surface area (Å²) in [4.78, 5) is 0. The molecule has 0 aromatic heterocycles. The van der Waals surface area contributed by atoms with E-state index in [0.717, 1.165) is 6.42 Å². The van der Waals surface area contributed by atoms with Gasteiger partial charge in [0.1, 0.15) is 0 Å². The molecule has 0 spiro atoms. The number of rotatable bonds is 26. The van der Waals surface area contributed by atoms with E-state index < -0.39 is 17.4 Å². The summed E-state index contributed by atoms with van der Waals surface area (Å²) in [6.07, 6.45) is 31.4. The summed E-state index contributed by atoms with van der Waals surface area (Å²) < 4.78 is 33.3. The molecule has 0 aromatic carbocycles. The minimum absolute atomic E-state index is 0.169. The Morgan fingerprint density at radius 2 is 0.727 bits per heavy atom. The predicted molar refractivity (Wildman–Crippen MR) is 150 cm³/mol. The van der Waals surface area contributed by atoms with Crippen LogP contribution in [-0.2, 0) is 10.1 Å². The lowest BCUT2D eigenvalue weighted by molar-refractivity contribution is 0.461. The second-order valence-corrected chi connectivity index (χ2v) is 16.5. The molecule has 0 saturated heterocycles. The van der Waals surface area contributed by atoms with Crippen LogP contribution in [0.3, 0.4) is 0 Å². The van der Waals surface area contributed by atoms with Gasteiger partial charge < -0.3 is 4.55 Å². The normalized spacial score (nSPS) is 12.5. The van der Waals surface area contributed by atoms with Gasteiger partial charge in [-0.25, -0.2) is 8.42 Å². The van der Waals surface area contributed by atoms with Gasteiger partial charge in [0, 0.05) is 13.0 Å². The van der Waals surface area contributed by atoms with Crippen molar-refractivity contribution in [2.24, 2.45) is 0 Å². The SMILES string of the molecule is CCCCCCCC[P+](CCCCCCCC)(CCCCCCCC)CCCCS(=O)(=O)[O-]. The summed E-state index contributed by atoms with van der Waals surface area (Å²) >= 11 is 0. The van der Waals surface area contributed by atoms with Gasteiger partial charge in [-0.1, -0.05) is 97.8 Å². The monoisotopic (exact) mass is 506 g/mol. The van der Waals surface area contributed by atoms with Crippen LogP contribution in [0.5, 0.6) is 0 Å². The second-order valence-electron chi connectivity index (χ2n) is 10.5. The van der Waals surface area contributed by atoms with E-state index in [1.807, 2.05) is 0 Å². The third-order valence-corrected chi connectivity index (χ3v) is 13.1. The zero-order chi connectivity index (χ0) is 24.7. The van der Waals surface area contributed by atoms with Gasteiger partial charge in [-0.15, -0.1) is 0 Å². The first-order valence-electron chi connectivity index (χ1n) is 14.7. The average molecular weight is 507 g/mol. The summed E-state index contributed by atoms with van der Waals surface area (Å²) in [5, 5.41) is 0. The van der Waals surface area contributed by atoms with Crippen LogP contribution < -0.4 is 0 Å². The third kappa shape index (κ3) is 22.5. The Kier molecular flexibility index (Phi) is 23.0. The molecule has 0 heterocycles. The summed E-state index contributed by atoms with van der Waals surface area (Å²) in [6.45, 7) is 6.83. The lowest BCUT2D eigenvalue weighted by atomic mass is 10.1. The molecular formula is C28H59O3PS. The van der Waals surface area contributed by atoms with Crippen molar-refractivity contribution in [1.29, 1.82) is 0 Å². The first-order valence-corrected chi connectivity index (χ1v) is 18.8. The van der Waals surface area contributed by atoms with Gasteiger partial charge in [-0.2, -0.15) is 0 Å². The highest BCUT2D eigenvalue weighted by Crippen LogP contribution is 2.61. The van der Waals surface area contributed by atoms with Crippen molar-refractivity contribution in [3.05, 3.63) is 0 Å². The molecule has 0 aliphatic carbocycles. The molecule has 0 radical (unpaired) electrons. The molecule has 0 aliphatic heterocycles. The van der Waals surface area contributed by atoms with E-state index in [-0.39, 0.29) is 5.75 Å². The molecule has 0 aliphatic rings. The quantitative estimate of drug-likeness (QED) is 0.0667. The standard InChI is InChI=1S/C28H59O3PS/c1-4-7-10-13-16-19-24-32(25-20-17-14-11-8-5-2,26-21-18-15-12-9-6-3)27-22-23-28-33(29,30)31/h4-28H2,1-3H3. The van der Waals surface area contributed by atoms with E-state index in [1.165, 1.54) is 140 Å². The van der Waals surface area contributed by atoms with Crippen LogP contribution in [0.4, 0.5) is 0 Å². The molecule has 5 heteroatoms. The maximum atomic E-state index is 11.1. The topological polar surface area (TPSA) is 57.2 Å². The van der Waals surface area contributed by atoms with Crippen LogP contribution in [0.15, 0.2) is 0 Å². The molecule has 3 nitrogen and oxygen atoms in total. The van der Waals surface area contributed by atoms with Gasteiger partial charge in [-0.3, -0.25) is 0 Å². The minimum atomic E-state index is -4.07. The van der Waals surface area contributed by atoms with E-state index in [9.17, 15) is 13.0 Å². The third-order valence-electron chi connectivity index (χ3n) is 7.23. The number of unbranched alkanes of at least 4 members (excludes halogenated alkanes) is 16. The van der Waals surface area contributed by atoms with Crippen molar-refractivity contribution in [2.45, 2.75) is 149 Å². The van der Waals surface area contributed by atoms with Gasteiger partial charge in [0.15, 0.2) is 0 Å². The van der Waals surface area contributed by atoms with Gasteiger partial charge in [-0.05, 0) is 51.4 Å². The molecule has 0 amide bonds. The first kappa shape index (κ1) is 33.3. The summed E-state index contributed by atoms with van der Waals surface area (Å²) in [5.74, 6) is -0.169. The molecule has 200 valence electrons. The van der Waals surface area contributed by atoms with E-state index in [1.54, 1.807) is 0 Å². The van der Waals surface area contributed by atoms with Gasteiger partial charge >= 0.3 is 0 Å². The largest absolute Gasteiger partial charge is 0.748 e. The van der Waals surface area contributed by atoms with E-state index >= 15 is 0 Å². The maximum Gasteiger partial charge on any atom is 0.0945 e. The summed E-state index contributed by atoms with van der Waals surface area (Å²) in [6, 6.07) is 0. The lowest BCUT2D eigenvalue weighted by Crippen LogP contribution is -2.14. The average Bonchev–Trinajstić information content (AvgIpc) is 2.77. The number of hydrogen-bond acceptors (Lipinski definition) is 3. The summed E-state index contributed by atoms with van der Waals surface area (Å²) in [7, 11) is -5.11. The molecular weight excluding hydrogens is 447 g/mol. The molecule has 0 saturated carbocycles. The molecule has 0 unspecified atom stereocenters. The Hall–Kier alpha value is 0.340. The zero-order valence-electron chi connectivity index (χ0n) is 22.8. The van der Waals surface area contributed by atoms with Crippen molar-refractivity contribution >= 4 is 17.4 Å². The van der Waals surface area contributed by atoms with Crippen LogP contribution in [0.25, 0.3) is 0 Å². The summed E-state index contributed by atoms with van der Waals surface area (Å²) in [5.41, 5.74) is 0. The van der Waals surface area contributed by atoms with Crippen molar-refractivity contribution < 1.29 is 13.0 Å². The Balaban J connectivity index is 4.87. The van der Waals surface area contributed by atoms with Crippen molar-refractivity contribution in [1.82, 2.24) is 0 Å². The fourth-order valence-corrected chi connectivity index (χ4v) is 10.6. The molecule has 0 rings (SSSR count). The van der Waals surface area contributed by atoms with Gasteiger partial charge in [0.2, 0.25) is 0 Å². The van der Waals surface area contributed by atoms with Gasteiger partial charge in [0.05, 0.1) is 34.8 Å². The fourth-order valence-electron chi connectivity index (χ4n) is 5.08. The Morgan fingerprint density at radius 3 is 1.03 bits per heavy atom. The molecule has 33 heavy (non-hydrogen) atoms. The maximum absolute atomic E-state index is 11.1. The highest BCUT2D eigenvalue weighted by Gasteiger charge is 2.35. The van der Waals surface area contributed by atoms with Crippen LogP contribution in [0.1, 0.15) is 149 Å².